The van der Waals surface area contributed by atoms with Crippen molar-refractivity contribution in [3.05, 3.63) is 51.9 Å². The van der Waals surface area contributed by atoms with Crippen LogP contribution < -0.4 is 4.74 Å². The molecule has 0 aromatic heterocycles. The van der Waals surface area contributed by atoms with Gasteiger partial charge in [0.1, 0.15) is 5.75 Å². The van der Waals surface area contributed by atoms with E-state index in [9.17, 15) is 14.9 Å². The highest BCUT2D eigenvalue weighted by atomic mass is 16.9. The van der Waals surface area contributed by atoms with Crippen LogP contribution in [0.15, 0.2) is 36.3 Å². The summed E-state index contributed by atoms with van der Waals surface area (Å²) in [6.45, 7) is 1.20. The summed E-state index contributed by atoms with van der Waals surface area (Å²) in [6.07, 6.45) is 0.585. The fourth-order valence-corrected chi connectivity index (χ4v) is 1.95. The first-order valence-electron chi connectivity index (χ1n) is 10.6. The molecule has 0 radical (unpaired) electrons. The maximum atomic E-state index is 12.4. The van der Waals surface area contributed by atoms with Gasteiger partial charge in [0, 0.05) is 0 Å². The van der Waals surface area contributed by atoms with Gasteiger partial charge in [-0.05, 0) is 48.2 Å². The van der Waals surface area contributed by atoms with Crippen molar-refractivity contribution >= 4 is 16.7 Å². The van der Waals surface area contributed by atoms with Gasteiger partial charge in [0.15, 0.2) is 0 Å². The second-order valence-electron chi connectivity index (χ2n) is 5.10. The normalized spacial score (nSPS) is 15.1. The summed E-state index contributed by atoms with van der Waals surface area (Å²) in [7, 11) is 1.22. The summed E-state index contributed by atoms with van der Waals surface area (Å²) in [4.78, 5) is 26.7. The lowest BCUT2D eigenvalue weighted by molar-refractivity contribution is -0.757. The van der Waals surface area contributed by atoms with Crippen molar-refractivity contribution in [2.24, 2.45) is 0 Å². The van der Waals surface area contributed by atoms with Crippen molar-refractivity contribution < 1.29 is 32.4 Å². The van der Waals surface area contributed by atoms with Crippen molar-refractivity contribution in [3.63, 3.8) is 0 Å². The van der Waals surface area contributed by atoms with E-state index in [1.807, 2.05) is 0 Å². The Morgan fingerprint density at radius 1 is 1.20 bits per heavy atom. The minimum Gasteiger partial charge on any atom is -0.497 e. The molecule has 134 valence electrons. The quantitative estimate of drug-likeness (QED) is 0.297. The molecule has 2 aromatic rings. The molecule has 0 unspecified atom stereocenters. The van der Waals surface area contributed by atoms with E-state index in [1.54, 1.807) is 0 Å². The number of carbonyl (C=O) groups excluding carboxylic acids is 1. The third-order valence-corrected chi connectivity index (χ3v) is 3.34. The second-order valence-corrected chi connectivity index (χ2v) is 5.10. The number of fused-ring (bicyclic) bond motifs is 1. The first kappa shape index (κ1) is 11.7. The Balaban J connectivity index is 2.37. The molecule has 0 aliphatic heterocycles. The van der Waals surface area contributed by atoms with E-state index in [-0.39, 0.29) is 47.8 Å². The minimum absolute atomic E-state index is 0.0547. The summed E-state index contributed by atoms with van der Waals surface area (Å²) < 4.78 is 59.5. The number of nitrogens with zero attached hydrogens (tertiary/aromatic N) is 1. The summed E-state index contributed by atoms with van der Waals surface area (Å²) in [5, 5.41) is 8.82. The molecule has 2 aromatic carbocycles. The van der Waals surface area contributed by atoms with Crippen LogP contribution in [-0.4, -0.2) is 31.4 Å². The highest BCUT2D eigenvalue weighted by Crippen LogP contribution is 2.25. The number of unbranched alkanes of at least 4 members (excludes halogenated alkanes) is 1. The average Bonchev–Trinajstić information content (AvgIpc) is 2.71. The van der Waals surface area contributed by atoms with Gasteiger partial charge < -0.3 is 14.3 Å². The SMILES string of the molecule is [2H]c1c([C@H](C)C(=O)OCCCCO[N+](=O)[O-])c([2H])c2c([2H])c([2H])c(OC)c([2H])c2c1[2H]. The van der Waals surface area contributed by atoms with Gasteiger partial charge in [-0.2, -0.15) is 0 Å². The van der Waals surface area contributed by atoms with Crippen LogP contribution in [0.3, 0.4) is 0 Å². The Bertz CT molecular complexity index is 1030. The zero-order chi connectivity index (χ0) is 23.5. The van der Waals surface area contributed by atoms with E-state index in [0.29, 0.717) is 6.42 Å². The third kappa shape index (κ3) is 5.34. The number of hydrogen-bond acceptors (Lipinski definition) is 6. The zero-order valence-corrected chi connectivity index (χ0v) is 13.8. The molecule has 0 bridgehead atoms. The van der Waals surface area contributed by atoms with Crippen LogP contribution in [0.5, 0.6) is 5.75 Å². The van der Waals surface area contributed by atoms with Crippen LogP contribution >= 0.6 is 0 Å². The molecule has 1 atom stereocenters. The van der Waals surface area contributed by atoms with Crippen molar-refractivity contribution in [2.45, 2.75) is 25.7 Å². The lowest BCUT2D eigenvalue weighted by atomic mass is 9.98. The molecule has 0 aliphatic rings. The third-order valence-electron chi connectivity index (χ3n) is 3.34. The van der Waals surface area contributed by atoms with Gasteiger partial charge in [-0.25, -0.2) is 0 Å². The van der Waals surface area contributed by atoms with Gasteiger partial charge in [0.25, 0.3) is 5.09 Å². The maximum Gasteiger partial charge on any atom is 0.313 e. The van der Waals surface area contributed by atoms with Gasteiger partial charge in [0.05, 0.1) is 34.5 Å². The number of hydrogen-bond donors (Lipinski definition) is 0. The fourth-order valence-electron chi connectivity index (χ4n) is 1.95. The maximum absolute atomic E-state index is 12.4. The Kier molecular flexibility index (Phi) is 4.14. The number of carbonyl (C=O) groups is 1. The topological polar surface area (TPSA) is 87.9 Å². The predicted molar refractivity (Wildman–Crippen MR) is 92.1 cm³/mol. The molecule has 0 saturated heterocycles. The van der Waals surface area contributed by atoms with Gasteiger partial charge in [0.2, 0.25) is 0 Å². The Labute approximate surface area is 154 Å². The van der Waals surface area contributed by atoms with Crippen LogP contribution in [0, 0.1) is 10.1 Å². The standard InChI is InChI=1S/C18H21NO6/c1-13(18(20)24-9-3-4-10-25-19(21)22)14-5-6-16-12-17(23-2)8-7-15(16)11-14/h5-8,11-13H,3-4,9-10H2,1-2H3/t13-/m0/s1/i5D,6D,7D,8D,11D,12D. The van der Waals surface area contributed by atoms with Crippen molar-refractivity contribution in [3.8, 4) is 5.75 Å². The zero-order valence-electron chi connectivity index (χ0n) is 19.8. The van der Waals surface area contributed by atoms with Crippen molar-refractivity contribution in [1.29, 1.82) is 0 Å². The number of benzene rings is 2. The lowest BCUT2D eigenvalue weighted by Crippen LogP contribution is -2.14. The van der Waals surface area contributed by atoms with Gasteiger partial charge in [-0.15, -0.1) is 10.1 Å². The molecule has 0 heterocycles. The molecule has 0 spiro atoms. The molecule has 0 saturated carbocycles. The van der Waals surface area contributed by atoms with Crippen molar-refractivity contribution in [2.75, 3.05) is 20.3 Å². The summed E-state index contributed by atoms with van der Waals surface area (Å²) in [5.74, 6) is -2.12. The Morgan fingerprint density at radius 3 is 2.60 bits per heavy atom. The number of esters is 1. The fraction of sp³-hybridized carbons (Fsp3) is 0.389. The van der Waals surface area contributed by atoms with Crippen LogP contribution in [-0.2, 0) is 14.4 Å². The van der Waals surface area contributed by atoms with Gasteiger partial charge in [-0.1, -0.05) is 24.2 Å². The van der Waals surface area contributed by atoms with E-state index in [1.165, 1.54) is 14.0 Å². The summed E-state index contributed by atoms with van der Waals surface area (Å²) >= 11 is 0. The molecule has 2 rings (SSSR count). The number of methoxy groups -OCH3 is 1. The Hall–Kier alpha value is -2.83. The molecular weight excluding hydrogens is 326 g/mol. The molecule has 0 fully saturated rings. The average molecular weight is 353 g/mol. The van der Waals surface area contributed by atoms with Gasteiger partial charge >= 0.3 is 5.97 Å². The molecule has 0 amide bonds. The van der Waals surface area contributed by atoms with Gasteiger partial charge in [-0.3, -0.25) is 4.79 Å². The predicted octanol–water partition coefficient (Wildman–Crippen LogP) is 3.48. The molecule has 7 nitrogen and oxygen atoms in total. The first-order valence-corrected chi connectivity index (χ1v) is 7.55. The highest BCUT2D eigenvalue weighted by Gasteiger charge is 2.17. The van der Waals surface area contributed by atoms with Crippen LogP contribution in [0.1, 0.15) is 39.5 Å². The highest BCUT2D eigenvalue weighted by molar-refractivity contribution is 5.86. The van der Waals surface area contributed by atoms with Crippen LogP contribution in [0.25, 0.3) is 10.8 Å². The van der Waals surface area contributed by atoms with Crippen LogP contribution in [0.4, 0.5) is 0 Å². The molecule has 7 heteroatoms. The van der Waals surface area contributed by atoms with E-state index in [0.717, 1.165) is 0 Å². The second kappa shape index (κ2) is 8.86. The van der Waals surface area contributed by atoms with E-state index in [4.69, 9.17) is 17.7 Å². The summed E-state index contributed by atoms with van der Waals surface area (Å²) in [6, 6.07) is -2.53. The largest absolute Gasteiger partial charge is 0.497 e. The van der Waals surface area contributed by atoms with Crippen molar-refractivity contribution in [1.82, 2.24) is 0 Å². The molecule has 0 N–H and O–H groups in total. The smallest absolute Gasteiger partial charge is 0.313 e. The lowest BCUT2D eigenvalue weighted by Gasteiger charge is -2.13. The van der Waals surface area contributed by atoms with E-state index >= 15 is 0 Å². The van der Waals surface area contributed by atoms with Crippen LogP contribution in [0.2, 0.25) is 0 Å². The number of ether oxygens (including phenoxy) is 2. The minimum atomic E-state index is -1.12. The first-order chi connectivity index (χ1) is 14.5. The van der Waals surface area contributed by atoms with E-state index in [2.05, 4.69) is 4.84 Å². The molecule has 0 aliphatic carbocycles. The van der Waals surface area contributed by atoms with E-state index < -0.39 is 47.2 Å². The molecule has 25 heavy (non-hydrogen) atoms. The Morgan fingerprint density at radius 2 is 1.88 bits per heavy atom. The number of rotatable bonds is 9. The summed E-state index contributed by atoms with van der Waals surface area (Å²) in [5.41, 5.74) is -0.142. The monoisotopic (exact) mass is 353 g/mol. The molecular formula is C18H21NO6.